The molecule has 0 amide bonds. The second-order valence-corrected chi connectivity index (χ2v) is 9.30. The van der Waals surface area contributed by atoms with Crippen molar-refractivity contribution in [1.82, 2.24) is 0 Å². The Morgan fingerprint density at radius 1 is 0.778 bits per heavy atom. The zero-order chi connectivity index (χ0) is 19.0. The molecule has 0 aliphatic heterocycles. The van der Waals surface area contributed by atoms with E-state index in [1.165, 1.54) is 15.9 Å². The number of rotatable bonds is 7. The SMILES string of the molecule is CCOC(O)=C/C=C/[P+](c1ccccc1)(c1ccccc1)c1ccccc1. The van der Waals surface area contributed by atoms with Gasteiger partial charge in [-0.25, -0.2) is 0 Å². The lowest BCUT2D eigenvalue weighted by molar-refractivity contribution is 0.103. The van der Waals surface area contributed by atoms with Crippen LogP contribution in [0.1, 0.15) is 6.92 Å². The molecule has 0 radical (unpaired) electrons. The van der Waals surface area contributed by atoms with Gasteiger partial charge in [-0.3, -0.25) is 0 Å². The molecule has 0 spiro atoms. The van der Waals surface area contributed by atoms with Gasteiger partial charge in [-0.2, -0.15) is 0 Å². The highest BCUT2D eigenvalue weighted by Gasteiger charge is 2.42. The Morgan fingerprint density at radius 2 is 1.19 bits per heavy atom. The van der Waals surface area contributed by atoms with E-state index in [4.69, 9.17) is 4.74 Å². The average Bonchev–Trinajstić information content (AvgIpc) is 2.73. The van der Waals surface area contributed by atoms with E-state index in [-0.39, 0.29) is 5.95 Å². The van der Waals surface area contributed by atoms with Crippen molar-refractivity contribution in [3.05, 3.63) is 115 Å². The molecule has 0 aliphatic carbocycles. The van der Waals surface area contributed by atoms with E-state index >= 15 is 0 Å². The van der Waals surface area contributed by atoms with Crippen molar-refractivity contribution in [3.8, 4) is 0 Å². The Kier molecular flexibility index (Phi) is 6.46. The third-order valence-electron chi connectivity index (χ3n) is 4.33. The molecule has 0 aliphatic rings. The van der Waals surface area contributed by atoms with Crippen LogP contribution in [0.2, 0.25) is 0 Å². The van der Waals surface area contributed by atoms with Gasteiger partial charge in [0.25, 0.3) is 5.95 Å². The number of aliphatic hydroxyl groups is 1. The third-order valence-corrected chi connectivity index (χ3v) is 8.29. The first-order chi connectivity index (χ1) is 13.3. The molecule has 0 saturated carbocycles. The van der Waals surface area contributed by atoms with Gasteiger partial charge in [0.15, 0.2) is 0 Å². The first-order valence-corrected chi connectivity index (χ1v) is 10.9. The normalized spacial score (nSPS) is 12.3. The van der Waals surface area contributed by atoms with E-state index in [2.05, 4.69) is 78.6 Å². The Morgan fingerprint density at radius 3 is 1.56 bits per heavy atom. The second kappa shape index (κ2) is 9.21. The molecule has 2 nitrogen and oxygen atoms in total. The van der Waals surface area contributed by atoms with Crippen molar-refractivity contribution < 1.29 is 9.84 Å². The largest absolute Gasteiger partial charge is 0.481 e. The number of benzene rings is 3. The molecule has 136 valence electrons. The fourth-order valence-corrected chi connectivity index (χ4v) is 6.83. The minimum atomic E-state index is -2.02. The summed E-state index contributed by atoms with van der Waals surface area (Å²) in [6.45, 7) is 2.29. The zero-order valence-electron chi connectivity index (χ0n) is 15.4. The molecule has 0 atom stereocenters. The lowest BCUT2D eigenvalue weighted by atomic mass is 10.4. The molecule has 1 N–H and O–H groups in total. The Hall–Kier alpha value is -2.83. The van der Waals surface area contributed by atoms with Crippen LogP contribution in [0, 0.1) is 0 Å². The van der Waals surface area contributed by atoms with Gasteiger partial charge in [-0.1, -0.05) is 54.6 Å². The topological polar surface area (TPSA) is 29.5 Å². The highest BCUT2D eigenvalue weighted by Crippen LogP contribution is 2.56. The summed E-state index contributed by atoms with van der Waals surface area (Å²) in [6, 6.07) is 31.7. The number of aliphatic hydroxyl groups excluding tert-OH is 1. The molecule has 0 bridgehead atoms. The van der Waals surface area contributed by atoms with Gasteiger partial charge in [0, 0.05) is 6.08 Å². The minimum Gasteiger partial charge on any atom is -0.481 e. The maximum atomic E-state index is 9.86. The quantitative estimate of drug-likeness (QED) is 0.360. The van der Waals surface area contributed by atoms with Crippen LogP contribution in [0.15, 0.2) is 115 Å². The van der Waals surface area contributed by atoms with Crippen molar-refractivity contribution in [2.75, 3.05) is 6.61 Å². The smallest absolute Gasteiger partial charge is 0.276 e. The average molecular weight is 375 g/mol. The summed E-state index contributed by atoms with van der Waals surface area (Å²) in [5.74, 6) is 2.16. The second-order valence-electron chi connectivity index (χ2n) is 6.01. The van der Waals surface area contributed by atoms with Gasteiger partial charge in [-0.05, 0) is 49.4 Å². The fraction of sp³-hybridized carbons (Fsp3) is 0.0833. The first kappa shape index (κ1) is 18.9. The van der Waals surface area contributed by atoms with Crippen molar-refractivity contribution in [2.45, 2.75) is 6.92 Å². The van der Waals surface area contributed by atoms with Gasteiger partial charge in [-0.15, -0.1) is 0 Å². The number of allylic oxidation sites excluding steroid dienone is 2. The van der Waals surface area contributed by atoms with Crippen molar-refractivity contribution in [3.63, 3.8) is 0 Å². The molecule has 3 rings (SSSR count). The minimum absolute atomic E-state index is 0.0685. The number of ether oxygens (including phenoxy) is 1. The van der Waals surface area contributed by atoms with Crippen LogP contribution in [0.4, 0.5) is 0 Å². The van der Waals surface area contributed by atoms with Gasteiger partial charge in [0.05, 0.1) is 12.4 Å². The van der Waals surface area contributed by atoms with E-state index in [1.54, 1.807) is 6.08 Å². The molecule has 3 aromatic rings. The molecule has 27 heavy (non-hydrogen) atoms. The van der Waals surface area contributed by atoms with Crippen molar-refractivity contribution >= 4 is 23.2 Å². The van der Waals surface area contributed by atoms with E-state index in [0.717, 1.165) is 0 Å². The highest BCUT2D eigenvalue weighted by atomic mass is 31.2. The molecule has 0 saturated heterocycles. The van der Waals surface area contributed by atoms with Gasteiger partial charge >= 0.3 is 0 Å². The van der Waals surface area contributed by atoms with Crippen LogP contribution < -0.4 is 15.9 Å². The number of hydrogen-bond donors (Lipinski definition) is 1. The molecule has 0 aromatic heterocycles. The summed E-state index contributed by atoms with van der Waals surface area (Å²) in [6.07, 6.45) is 3.53. The Labute approximate surface area is 161 Å². The monoisotopic (exact) mass is 375 g/mol. The first-order valence-electron chi connectivity index (χ1n) is 9.04. The van der Waals surface area contributed by atoms with Crippen LogP contribution in [-0.4, -0.2) is 11.7 Å². The molecular weight excluding hydrogens is 351 g/mol. The lowest BCUT2D eigenvalue weighted by Gasteiger charge is -2.23. The third kappa shape index (κ3) is 4.30. The van der Waals surface area contributed by atoms with E-state index in [1.807, 2.05) is 31.2 Å². The molecule has 3 aromatic carbocycles. The van der Waals surface area contributed by atoms with Crippen LogP contribution in [0.3, 0.4) is 0 Å². The summed E-state index contributed by atoms with van der Waals surface area (Å²) in [5.41, 5.74) is 0. The highest BCUT2D eigenvalue weighted by molar-refractivity contribution is 7.98. The maximum absolute atomic E-state index is 9.86. The Bertz CT molecular complexity index is 791. The fourth-order valence-electron chi connectivity index (χ4n) is 3.15. The van der Waals surface area contributed by atoms with Crippen molar-refractivity contribution in [1.29, 1.82) is 0 Å². The van der Waals surface area contributed by atoms with E-state index in [0.29, 0.717) is 6.61 Å². The van der Waals surface area contributed by atoms with Crippen molar-refractivity contribution in [2.24, 2.45) is 0 Å². The molecule has 0 fully saturated rings. The lowest BCUT2D eigenvalue weighted by Crippen LogP contribution is -2.29. The predicted molar refractivity (Wildman–Crippen MR) is 117 cm³/mol. The van der Waals surface area contributed by atoms with Crippen LogP contribution >= 0.6 is 7.26 Å². The Balaban J connectivity index is 2.23. The van der Waals surface area contributed by atoms with E-state index in [9.17, 15) is 5.11 Å². The standard InChI is InChI=1S/C24H23O2P/c1-2-26-24(25)19-12-20-27(21-13-6-3-7-14-21,22-15-8-4-9-16-22)23-17-10-5-11-18-23/h3-20H,2H2,1H3/p+1/b20-12+,24-19?. The molecular formula is C24H24O2P+. The summed E-state index contributed by atoms with van der Waals surface area (Å²) >= 11 is 0. The van der Waals surface area contributed by atoms with Gasteiger partial charge in [0.2, 0.25) is 0 Å². The predicted octanol–water partition coefficient (Wildman–Crippen LogP) is 4.93. The van der Waals surface area contributed by atoms with E-state index < -0.39 is 7.26 Å². The zero-order valence-corrected chi connectivity index (χ0v) is 16.3. The maximum Gasteiger partial charge on any atom is 0.276 e. The molecule has 3 heteroatoms. The van der Waals surface area contributed by atoms with Gasteiger partial charge in [0.1, 0.15) is 23.2 Å². The summed E-state index contributed by atoms with van der Waals surface area (Å²) in [7, 11) is -2.02. The molecule has 0 unspecified atom stereocenters. The van der Waals surface area contributed by atoms with Gasteiger partial charge < -0.3 is 9.84 Å². The van der Waals surface area contributed by atoms with Crippen LogP contribution in [-0.2, 0) is 4.74 Å². The van der Waals surface area contributed by atoms with Crippen LogP contribution in [0.5, 0.6) is 0 Å². The summed E-state index contributed by atoms with van der Waals surface area (Å²) in [5, 5.41) is 13.7. The van der Waals surface area contributed by atoms with Crippen LogP contribution in [0.25, 0.3) is 0 Å². The summed E-state index contributed by atoms with van der Waals surface area (Å²) < 4.78 is 5.15. The number of hydrogen-bond acceptors (Lipinski definition) is 2. The summed E-state index contributed by atoms with van der Waals surface area (Å²) in [4.78, 5) is 0. The molecule has 0 heterocycles.